The van der Waals surface area contributed by atoms with Gasteiger partial charge in [-0.25, -0.2) is 5.43 Å². The Labute approximate surface area is 151 Å². The first-order valence-corrected chi connectivity index (χ1v) is 8.10. The van der Waals surface area contributed by atoms with Crippen LogP contribution in [0.15, 0.2) is 84.0 Å². The topological polar surface area (TPSA) is 70.9 Å². The molecule has 5 nitrogen and oxygen atoms in total. The van der Waals surface area contributed by atoms with E-state index < -0.39 is 0 Å². The van der Waals surface area contributed by atoms with E-state index in [1.54, 1.807) is 48.5 Å². The molecule has 0 aromatic heterocycles. The van der Waals surface area contributed by atoms with E-state index in [9.17, 15) is 9.90 Å². The Morgan fingerprint density at radius 2 is 1.77 bits per heavy atom. The minimum atomic E-state index is -0.323. The Morgan fingerprint density at radius 1 is 1.00 bits per heavy atom. The number of nitrogens with one attached hydrogen (secondary N) is 1. The third-order valence-electron chi connectivity index (χ3n) is 3.61. The van der Waals surface area contributed by atoms with Crippen LogP contribution >= 0.6 is 0 Å². The second-order valence-corrected chi connectivity index (χ2v) is 5.59. The van der Waals surface area contributed by atoms with Crippen LogP contribution in [0.3, 0.4) is 0 Å². The smallest absolute Gasteiger partial charge is 0.271 e. The Hall–Kier alpha value is -3.60. The zero-order valence-electron chi connectivity index (χ0n) is 14.0. The van der Waals surface area contributed by atoms with Crippen molar-refractivity contribution >= 4 is 12.1 Å². The lowest BCUT2D eigenvalue weighted by Crippen LogP contribution is -2.17. The van der Waals surface area contributed by atoms with Crippen LogP contribution in [-0.2, 0) is 6.61 Å². The van der Waals surface area contributed by atoms with Crippen molar-refractivity contribution in [2.75, 3.05) is 0 Å². The van der Waals surface area contributed by atoms with Gasteiger partial charge in [0, 0.05) is 5.56 Å². The fourth-order valence-electron chi connectivity index (χ4n) is 2.28. The first kappa shape index (κ1) is 17.2. The van der Waals surface area contributed by atoms with Gasteiger partial charge in [0.15, 0.2) is 0 Å². The van der Waals surface area contributed by atoms with Gasteiger partial charge in [-0.15, -0.1) is 0 Å². The highest BCUT2D eigenvalue weighted by Gasteiger charge is 2.04. The molecule has 0 spiro atoms. The van der Waals surface area contributed by atoms with Gasteiger partial charge in [0.1, 0.15) is 18.1 Å². The monoisotopic (exact) mass is 346 g/mol. The van der Waals surface area contributed by atoms with Gasteiger partial charge >= 0.3 is 0 Å². The van der Waals surface area contributed by atoms with Crippen LogP contribution in [0.4, 0.5) is 0 Å². The Balaban J connectivity index is 1.53. The van der Waals surface area contributed by atoms with Crippen LogP contribution < -0.4 is 10.2 Å². The van der Waals surface area contributed by atoms with Crippen LogP contribution in [0.1, 0.15) is 21.5 Å². The molecule has 0 unspecified atom stereocenters. The van der Waals surface area contributed by atoms with Crippen molar-refractivity contribution < 1.29 is 14.6 Å². The van der Waals surface area contributed by atoms with Gasteiger partial charge < -0.3 is 9.84 Å². The normalized spacial score (nSPS) is 10.6. The van der Waals surface area contributed by atoms with Crippen molar-refractivity contribution in [2.24, 2.45) is 5.10 Å². The van der Waals surface area contributed by atoms with Gasteiger partial charge in [-0.1, -0.05) is 42.5 Å². The highest BCUT2D eigenvalue weighted by Crippen LogP contribution is 2.14. The second kappa shape index (κ2) is 8.48. The number of ether oxygens (including phenoxy) is 1. The standard InChI is InChI=1S/C21H18N2O3/c24-19-8-4-7-17(13-19)14-22-23-21(25)18-9-11-20(12-10-18)26-15-16-5-2-1-3-6-16/h1-14,24H,15H2,(H,23,25)/b22-14+. The van der Waals surface area contributed by atoms with Gasteiger partial charge in [0.25, 0.3) is 5.91 Å². The number of rotatable bonds is 6. The highest BCUT2D eigenvalue weighted by atomic mass is 16.5. The SMILES string of the molecule is O=C(N/N=C/c1cccc(O)c1)c1ccc(OCc2ccccc2)cc1. The van der Waals surface area contributed by atoms with Crippen LogP contribution in [0.25, 0.3) is 0 Å². The van der Waals surface area contributed by atoms with Crippen LogP contribution in [-0.4, -0.2) is 17.2 Å². The van der Waals surface area contributed by atoms with E-state index in [0.29, 0.717) is 23.5 Å². The van der Waals surface area contributed by atoms with E-state index in [1.807, 2.05) is 30.3 Å². The van der Waals surface area contributed by atoms with Gasteiger partial charge in [-0.2, -0.15) is 5.10 Å². The molecule has 130 valence electrons. The number of carbonyl (C=O) groups excluding carboxylic acids is 1. The highest BCUT2D eigenvalue weighted by molar-refractivity contribution is 5.95. The number of amides is 1. The van der Waals surface area contributed by atoms with Gasteiger partial charge in [-0.3, -0.25) is 4.79 Å². The predicted octanol–water partition coefficient (Wildman–Crippen LogP) is 3.74. The van der Waals surface area contributed by atoms with Crippen molar-refractivity contribution in [1.82, 2.24) is 5.43 Å². The largest absolute Gasteiger partial charge is 0.508 e. The number of carbonyl (C=O) groups is 1. The summed E-state index contributed by atoms with van der Waals surface area (Å²) in [6.45, 7) is 0.473. The molecule has 3 rings (SSSR count). The van der Waals surface area contributed by atoms with Crippen LogP contribution in [0.5, 0.6) is 11.5 Å². The average Bonchev–Trinajstić information content (AvgIpc) is 2.67. The molecule has 1 amide bonds. The average molecular weight is 346 g/mol. The maximum absolute atomic E-state index is 12.1. The molecular formula is C21H18N2O3. The number of hydrogen-bond donors (Lipinski definition) is 2. The third kappa shape index (κ3) is 4.95. The lowest BCUT2D eigenvalue weighted by Gasteiger charge is -2.07. The maximum atomic E-state index is 12.1. The Morgan fingerprint density at radius 3 is 2.50 bits per heavy atom. The molecule has 0 aliphatic rings. The molecule has 0 bridgehead atoms. The number of aromatic hydroxyl groups is 1. The van der Waals surface area contributed by atoms with Gasteiger partial charge in [0.2, 0.25) is 0 Å². The first-order chi connectivity index (χ1) is 12.7. The summed E-state index contributed by atoms with van der Waals surface area (Å²) >= 11 is 0. The van der Waals surface area contributed by atoms with E-state index in [-0.39, 0.29) is 11.7 Å². The fourth-order valence-corrected chi connectivity index (χ4v) is 2.28. The predicted molar refractivity (Wildman–Crippen MR) is 100 cm³/mol. The molecule has 0 saturated heterocycles. The number of benzene rings is 3. The molecule has 0 atom stereocenters. The summed E-state index contributed by atoms with van der Waals surface area (Å²) in [7, 11) is 0. The van der Waals surface area contributed by atoms with Crippen molar-refractivity contribution in [2.45, 2.75) is 6.61 Å². The zero-order chi connectivity index (χ0) is 18.2. The number of hydrazone groups is 1. The summed E-state index contributed by atoms with van der Waals surface area (Å²) < 4.78 is 5.69. The van der Waals surface area contributed by atoms with Crippen molar-refractivity contribution in [3.05, 3.63) is 95.6 Å². The quantitative estimate of drug-likeness (QED) is 0.528. The number of nitrogens with zero attached hydrogens (tertiary/aromatic N) is 1. The molecule has 3 aromatic carbocycles. The minimum Gasteiger partial charge on any atom is -0.508 e. The summed E-state index contributed by atoms with van der Waals surface area (Å²) in [5.41, 5.74) is 4.70. The fraction of sp³-hybridized carbons (Fsp3) is 0.0476. The molecule has 2 N–H and O–H groups in total. The van der Waals surface area contributed by atoms with E-state index in [0.717, 1.165) is 5.56 Å². The van der Waals surface area contributed by atoms with Crippen LogP contribution in [0.2, 0.25) is 0 Å². The molecule has 0 heterocycles. The van der Waals surface area contributed by atoms with E-state index in [2.05, 4.69) is 10.5 Å². The zero-order valence-corrected chi connectivity index (χ0v) is 14.0. The minimum absolute atomic E-state index is 0.145. The van der Waals surface area contributed by atoms with Crippen molar-refractivity contribution in [3.8, 4) is 11.5 Å². The molecule has 5 heteroatoms. The molecule has 0 radical (unpaired) electrons. The lowest BCUT2D eigenvalue weighted by atomic mass is 10.2. The van der Waals surface area contributed by atoms with Crippen LogP contribution in [0, 0.1) is 0 Å². The van der Waals surface area contributed by atoms with Gasteiger partial charge in [-0.05, 0) is 47.5 Å². The molecule has 0 fully saturated rings. The molecule has 26 heavy (non-hydrogen) atoms. The van der Waals surface area contributed by atoms with E-state index >= 15 is 0 Å². The molecule has 3 aromatic rings. The third-order valence-corrected chi connectivity index (χ3v) is 3.61. The lowest BCUT2D eigenvalue weighted by molar-refractivity contribution is 0.0955. The molecule has 0 saturated carbocycles. The summed E-state index contributed by atoms with van der Waals surface area (Å²) in [5.74, 6) is 0.510. The molecular weight excluding hydrogens is 328 g/mol. The van der Waals surface area contributed by atoms with E-state index in [1.165, 1.54) is 6.21 Å². The molecule has 0 aliphatic heterocycles. The summed E-state index contributed by atoms with van der Waals surface area (Å²) in [4.78, 5) is 12.1. The van der Waals surface area contributed by atoms with E-state index in [4.69, 9.17) is 4.74 Å². The second-order valence-electron chi connectivity index (χ2n) is 5.59. The number of phenols is 1. The first-order valence-electron chi connectivity index (χ1n) is 8.10. The van der Waals surface area contributed by atoms with Crippen molar-refractivity contribution in [3.63, 3.8) is 0 Å². The number of phenolic OH excluding ortho intramolecular Hbond substituents is 1. The van der Waals surface area contributed by atoms with Crippen molar-refractivity contribution in [1.29, 1.82) is 0 Å². The summed E-state index contributed by atoms with van der Waals surface area (Å²) in [6.07, 6.45) is 1.47. The molecule has 0 aliphatic carbocycles. The Bertz CT molecular complexity index is 891. The number of hydrogen-bond acceptors (Lipinski definition) is 4. The maximum Gasteiger partial charge on any atom is 0.271 e. The Kier molecular flexibility index (Phi) is 5.62. The summed E-state index contributed by atoms with van der Waals surface area (Å²) in [6, 6.07) is 23.3. The van der Waals surface area contributed by atoms with Gasteiger partial charge in [0.05, 0.1) is 6.21 Å². The summed E-state index contributed by atoms with van der Waals surface area (Å²) in [5, 5.41) is 13.3.